The van der Waals surface area contributed by atoms with Crippen molar-refractivity contribution in [3.8, 4) is 0 Å². The second-order valence-electron chi connectivity index (χ2n) is 7.96. The van der Waals surface area contributed by atoms with Crippen molar-refractivity contribution in [2.75, 3.05) is 7.11 Å². The van der Waals surface area contributed by atoms with E-state index in [1.807, 2.05) is 34.6 Å². The minimum atomic E-state index is -0.613. The van der Waals surface area contributed by atoms with Gasteiger partial charge in [0.25, 0.3) is 0 Å². The SMILES string of the molecule is CC.COC12CC3CC(OC(=O)C(C)(C)C)(CC(C1)C(=O)O3)C2. The Bertz CT molecular complexity index is 480. The molecule has 0 aromatic heterocycles. The maximum Gasteiger partial charge on any atom is 0.311 e. The van der Waals surface area contributed by atoms with E-state index in [9.17, 15) is 9.59 Å². The lowest BCUT2D eigenvalue weighted by atomic mass is 9.62. The van der Waals surface area contributed by atoms with Crippen LogP contribution in [0.3, 0.4) is 0 Å². The van der Waals surface area contributed by atoms with Crippen LogP contribution in [0.25, 0.3) is 0 Å². The maximum atomic E-state index is 12.3. The monoisotopic (exact) mass is 326 g/mol. The first kappa shape index (κ1) is 18.2. The van der Waals surface area contributed by atoms with Crippen LogP contribution in [-0.4, -0.2) is 36.4 Å². The van der Waals surface area contributed by atoms with E-state index in [0.29, 0.717) is 32.1 Å². The molecule has 2 heterocycles. The zero-order valence-electron chi connectivity index (χ0n) is 15.2. The van der Waals surface area contributed by atoms with Crippen molar-refractivity contribution in [3.05, 3.63) is 0 Å². The van der Waals surface area contributed by atoms with E-state index in [2.05, 4.69) is 0 Å². The quantitative estimate of drug-likeness (QED) is 0.729. The van der Waals surface area contributed by atoms with Crippen LogP contribution in [0.2, 0.25) is 0 Å². The number of hydrogen-bond acceptors (Lipinski definition) is 5. The molecule has 2 saturated carbocycles. The van der Waals surface area contributed by atoms with Crippen LogP contribution in [-0.2, 0) is 23.8 Å². The van der Waals surface area contributed by atoms with Gasteiger partial charge in [0.15, 0.2) is 0 Å². The summed E-state index contributed by atoms with van der Waals surface area (Å²) in [6.45, 7) is 9.53. The summed E-state index contributed by atoms with van der Waals surface area (Å²) in [5, 5.41) is 0. The summed E-state index contributed by atoms with van der Waals surface area (Å²) in [6.07, 6.45) is 3.01. The minimum absolute atomic E-state index is 0.160. The van der Waals surface area contributed by atoms with Crippen LogP contribution in [0.1, 0.15) is 66.7 Å². The lowest BCUT2D eigenvalue weighted by Gasteiger charge is -2.51. The van der Waals surface area contributed by atoms with Gasteiger partial charge in [0.05, 0.1) is 16.9 Å². The third-order valence-corrected chi connectivity index (χ3v) is 5.05. The lowest BCUT2D eigenvalue weighted by Crippen LogP contribution is -2.57. The molecule has 0 amide bonds. The first-order valence-electron chi connectivity index (χ1n) is 8.66. The number of hydrogen-bond donors (Lipinski definition) is 0. The molecule has 132 valence electrons. The van der Waals surface area contributed by atoms with Crippen molar-refractivity contribution in [2.45, 2.75) is 84.0 Å². The molecule has 0 N–H and O–H groups in total. The van der Waals surface area contributed by atoms with E-state index in [1.165, 1.54) is 0 Å². The Morgan fingerprint density at radius 1 is 1.13 bits per heavy atom. The number of esters is 2. The molecule has 0 aromatic rings. The molecule has 0 radical (unpaired) electrons. The van der Waals surface area contributed by atoms with E-state index in [4.69, 9.17) is 14.2 Å². The van der Waals surface area contributed by atoms with Crippen molar-refractivity contribution >= 4 is 11.9 Å². The summed E-state index contributed by atoms with van der Waals surface area (Å²) >= 11 is 0. The van der Waals surface area contributed by atoms with Crippen molar-refractivity contribution in [1.82, 2.24) is 0 Å². The van der Waals surface area contributed by atoms with E-state index >= 15 is 0 Å². The van der Waals surface area contributed by atoms with E-state index in [0.717, 1.165) is 0 Å². The Kier molecular flexibility index (Phi) is 4.82. The topological polar surface area (TPSA) is 61.8 Å². The molecule has 5 heteroatoms. The fourth-order valence-electron chi connectivity index (χ4n) is 4.13. The molecule has 0 spiro atoms. The van der Waals surface area contributed by atoms with Gasteiger partial charge in [-0.15, -0.1) is 0 Å². The largest absolute Gasteiger partial charge is 0.462 e. The van der Waals surface area contributed by atoms with Gasteiger partial charge in [0.1, 0.15) is 11.7 Å². The molecule has 2 aliphatic carbocycles. The van der Waals surface area contributed by atoms with E-state index < -0.39 is 16.6 Å². The molecular weight excluding hydrogens is 296 g/mol. The molecule has 2 saturated heterocycles. The summed E-state index contributed by atoms with van der Waals surface area (Å²) in [5.74, 6) is -0.602. The second kappa shape index (κ2) is 6.08. The summed E-state index contributed by atoms with van der Waals surface area (Å²) in [7, 11) is 1.68. The summed E-state index contributed by atoms with van der Waals surface area (Å²) in [4.78, 5) is 24.5. The van der Waals surface area contributed by atoms with Crippen molar-refractivity contribution in [3.63, 3.8) is 0 Å². The molecule has 4 bridgehead atoms. The van der Waals surface area contributed by atoms with E-state index in [1.54, 1.807) is 7.11 Å². The van der Waals surface area contributed by atoms with Gasteiger partial charge in [-0.3, -0.25) is 9.59 Å². The summed E-state index contributed by atoms with van der Waals surface area (Å²) < 4.78 is 17.2. The van der Waals surface area contributed by atoms with Crippen molar-refractivity contribution in [2.24, 2.45) is 11.3 Å². The molecule has 4 unspecified atom stereocenters. The first-order chi connectivity index (χ1) is 10.7. The van der Waals surface area contributed by atoms with Crippen LogP contribution in [0.5, 0.6) is 0 Å². The zero-order chi connectivity index (χ0) is 17.5. The van der Waals surface area contributed by atoms with Crippen LogP contribution >= 0.6 is 0 Å². The highest BCUT2D eigenvalue weighted by Crippen LogP contribution is 2.54. The van der Waals surface area contributed by atoms with Gasteiger partial charge < -0.3 is 14.2 Å². The predicted octanol–water partition coefficient (Wildman–Crippen LogP) is 3.25. The number of carbonyl (C=O) groups excluding carboxylic acids is 2. The molecule has 4 atom stereocenters. The average Bonchev–Trinajstić information content (AvgIpc) is 2.61. The Morgan fingerprint density at radius 2 is 1.70 bits per heavy atom. The van der Waals surface area contributed by atoms with E-state index in [-0.39, 0.29) is 24.0 Å². The molecule has 5 nitrogen and oxygen atoms in total. The Balaban J connectivity index is 0.000000924. The van der Waals surface area contributed by atoms with Crippen LogP contribution in [0.4, 0.5) is 0 Å². The molecule has 4 rings (SSSR count). The molecule has 4 fully saturated rings. The van der Waals surface area contributed by atoms with Crippen LogP contribution in [0, 0.1) is 11.3 Å². The highest BCUT2D eigenvalue weighted by Gasteiger charge is 2.61. The third kappa shape index (κ3) is 3.39. The third-order valence-electron chi connectivity index (χ3n) is 5.05. The van der Waals surface area contributed by atoms with Crippen molar-refractivity contribution in [1.29, 1.82) is 0 Å². The van der Waals surface area contributed by atoms with Gasteiger partial charge in [-0.05, 0) is 27.2 Å². The average molecular weight is 326 g/mol. The fraction of sp³-hybridized carbons (Fsp3) is 0.889. The Labute approximate surface area is 139 Å². The highest BCUT2D eigenvalue weighted by atomic mass is 16.6. The minimum Gasteiger partial charge on any atom is -0.462 e. The van der Waals surface area contributed by atoms with Crippen LogP contribution in [0.15, 0.2) is 0 Å². The van der Waals surface area contributed by atoms with Gasteiger partial charge in [-0.2, -0.15) is 0 Å². The zero-order valence-corrected chi connectivity index (χ0v) is 15.2. The summed E-state index contributed by atoms with van der Waals surface area (Å²) in [5.41, 5.74) is -1.56. The smallest absolute Gasteiger partial charge is 0.311 e. The number of fused-ring (bicyclic) bond motifs is 1. The maximum absolute atomic E-state index is 12.3. The lowest BCUT2D eigenvalue weighted by molar-refractivity contribution is -0.206. The van der Waals surface area contributed by atoms with Gasteiger partial charge in [0, 0.05) is 32.8 Å². The molecular formula is C18H30O5. The summed E-state index contributed by atoms with van der Waals surface area (Å²) in [6, 6.07) is 0. The second-order valence-corrected chi connectivity index (χ2v) is 7.96. The number of methoxy groups -OCH3 is 1. The molecule has 4 aliphatic rings. The fourth-order valence-corrected chi connectivity index (χ4v) is 4.13. The number of rotatable bonds is 2. The molecule has 2 aliphatic heterocycles. The normalized spacial score (nSPS) is 38.3. The molecule has 0 aromatic carbocycles. The highest BCUT2D eigenvalue weighted by molar-refractivity contribution is 5.77. The van der Waals surface area contributed by atoms with Gasteiger partial charge in [-0.1, -0.05) is 13.8 Å². The van der Waals surface area contributed by atoms with Gasteiger partial charge in [0.2, 0.25) is 0 Å². The standard InChI is InChI=1S/C16H24O5.C2H6/c1-14(2,3)13(18)21-16-6-10-5-15(9-16,19-4)7-11(8-16)20-12(10)17;1-2/h10-11H,5-9H2,1-4H3;1-2H3. The van der Waals surface area contributed by atoms with Gasteiger partial charge in [-0.25, -0.2) is 0 Å². The first-order valence-corrected chi connectivity index (χ1v) is 8.66. The number of ether oxygens (including phenoxy) is 3. The Hall–Kier alpha value is -1.10. The van der Waals surface area contributed by atoms with Crippen LogP contribution < -0.4 is 0 Å². The van der Waals surface area contributed by atoms with Gasteiger partial charge >= 0.3 is 11.9 Å². The molecule has 23 heavy (non-hydrogen) atoms. The van der Waals surface area contributed by atoms with Crippen molar-refractivity contribution < 1.29 is 23.8 Å². The predicted molar refractivity (Wildman–Crippen MR) is 85.8 cm³/mol. The Morgan fingerprint density at radius 3 is 2.26 bits per heavy atom. The number of carbonyl (C=O) groups is 2.